The second kappa shape index (κ2) is 7.49. The van der Waals surface area contributed by atoms with Crippen LogP contribution in [0.4, 0.5) is 0 Å². The molecule has 0 aliphatic rings. The van der Waals surface area contributed by atoms with E-state index in [1.165, 1.54) is 0 Å². The van der Waals surface area contributed by atoms with Gasteiger partial charge in [0.1, 0.15) is 12.4 Å². The van der Waals surface area contributed by atoms with Gasteiger partial charge in [0.05, 0.1) is 0 Å². The Morgan fingerprint density at radius 2 is 1.85 bits per heavy atom. The van der Waals surface area contributed by atoms with E-state index in [-0.39, 0.29) is 11.2 Å². The van der Waals surface area contributed by atoms with Crippen LogP contribution in [0, 0.1) is 5.41 Å². The van der Waals surface area contributed by atoms with Crippen LogP contribution in [-0.4, -0.2) is 12.4 Å². The molecule has 0 saturated heterocycles. The Labute approximate surface area is 126 Å². The highest BCUT2D eigenvalue weighted by atomic mass is 35.5. The maximum atomic E-state index is 12.1. The maximum Gasteiger partial charge on any atom is 0.163 e. The number of Topliss-reactive ketones (excluding diaryl/α,β-unsaturated/α-hetero) is 1. The Morgan fingerprint density at radius 1 is 1.25 bits per heavy atom. The average Bonchev–Trinajstić information content (AvgIpc) is 2.38. The lowest BCUT2D eigenvalue weighted by Gasteiger charge is -2.16. The van der Waals surface area contributed by atoms with Gasteiger partial charge in [0.25, 0.3) is 0 Å². The van der Waals surface area contributed by atoms with E-state index in [0.717, 1.165) is 23.3 Å². The van der Waals surface area contributed by atoms with Gasteiger partial charge in [-0.15, -0.1) is 0 Å². The number of hydrogen-bond donors (Lipinski definition) is 0. The summed E-state index contributed by atoms with van der Waals surface area (Å²) >= 11 is 5.68. The Balaban J connectivity index is 2.63. The number of hydrogen-bond acceptors (Lipinski definition) is 2. The number of benzene rings is 1. The molecule has 0 radical (unpaired) electrons. The van der Waals surface area contributed by atoms with Gasteiger partial charge in [0.2, 0.25) is 0 Å². The number of carbonyl (C=O) groups excluding carboxylic acids is 1. The van der Waals surface area contributed by atoms with Crippen LogP contribution in [0.1, 0.15) is 50.9 Å². The van der Waals surface area contributed by atoms with E-state index in [1.54, 1.807) is 5.54 Å². The van der Waals surface area contributed by atoms with E-state index in [4.69, 9.17) is 16.3 Å². The smallest absolute Gasteiger partial charge is 0.163 e. The van der Waals surface area contributed by atoms with Crippen LogP contribution in [0.15, 0.2) is 35.4 Å². The first-order valence-electron chi connectivity index (χ1n) is 6.90. The van der Waals surface area contributed by atoms with E-state index in [0.29, 0.717) is 13.0 Å². The summed E-state index contributed by atoms with van der Waals surface area (Å²) in [6.07, 6.45) is 1.41. The third-order valence-corrected chi connectivity index (χ3v) is 3.21. The van der Waals surface area contributed by atoms with E-state index in [9.17, 15) is 4.79 Å². The van der Waals surface area contributed by atoms with Crippen molar-refractivity contribution >= 4 is 17.4 Å². The number of ketones is 1. The van der Waals surface area contributed by atoms with Gasteiger partial charge in [0.15, 0.2) is 5.78 Å². The lowest BCUT2D eigenvalue weighted by atomic mass is 9.88. The van der Waals surface area contributed by atoms with Crippen LogP contribution in [0.3, 0.4) is 0 Å². The fourth-order valence-corrected chi connectivity index (χ4v) is 1.92. The van der Waals surface area contributed by atoms with Gasteiger partial charge < -0.3 is 4.74 Å². The van der Waals surface area contributed by atoms with Gasteiger partial charge in [-0.05, 0) is 41.7 Å². The van der Waals surface area contributed by atoms with Crippen LogP contribution in [0.5, 0.6) is 5.75 Å². The molecular weight excluding hydrogens is 272 g/mol. The first-order valence-corrected chi connectivity index (χ1v) is 7.33. The zero-order chi connectivity index (χ0) is 15.2. The number of rotatable bonds is 6. The molecule has 3 heteroatoms. The zero-order valence-electron chi connectivity index (χ0n) is 12.7. The van der Waals surface area contributed by atoms with Crippen LogP contribution in [0.2, 0.25) is 0 Å². The summed E-state index contributed by atoms with van der Waals surface area (Å²) in [5, 5.41) is 0. The molecule has 20 heavy (non-hydrogen) atoms. The minimum absolute atomic E-state index is 0.00737. The fraction of sp³-hybridized carbons (Fsp3) is 0.471. The van der Waals surface area contributed by atoms with E-state index < -0.39 is 0 Å². The molecule has 0 aliphatic carbocycles. The van der Waals surface area contributed by atoms with Gasteiger partial charge in [-0.1, -0.05) is 39.3 Å². The highest BCUT2D eigenvalue weighted by Gasteiger charge is 2.17. The normalized spacial score (nSPS) is 12.3. The van der Waals surface area contributed by atoms with Crippen LogP contribution >= 0.6 is 11.6 Å². The number of carbonyl (C=O) groups is 1. The minimum atomic E-state index is 0.00737. The van der Waals surface area contributed by atoms with Crippen molar-refractivity contribution in [2.75, 3.05) is 6.61 Å². The standard InChI is InChI=1S/C17H23ClO2/c1-5-13(11-18)12-20-15-8-6-14(7-9-15)16(19)10-17(2,3)4/h6-9,11H,5,10,12H2,1-4H3/b13-11+. The third kappa shape index (κ3) is 5.79. The van der Waals surface area contributed by atoms with E-state index >= 15 is 0 Å². The third-order valence-electron chi connectivity index (χ3n) is 2.90. The van der Waals surface area contributed by atoms with Crippen molar-refractivity contribution in [1.29, 1.82) is 0 Å². The Bertz CT molecular complexity index is 467. The van der Waals surface area contributed by atoms with E-state index in [1.807, 2.05) is 31.2 Å². The molecule has 0 unspecified atom stereocenters. The Hall–Kier alpha value is -1.28. The molecule has 0 fully saturated rings. The first kappa shape index (κ1) is 16.8. The van der Waals surface area contributed by atoms with Crippen LogP contribution < -0.4 is 4.74 Å². The lowest BCUT2D eigenvalue weighted by molar-refractivity contribution is 0.0940. The lowest BCUT2D eigenvalue weighted by Crippen LogP contribution is -2.13. The second-order valence-corrected chi connectivity index (χ2v) is 6.31. The predicted octanol–water partition coefficient (Wildman–Crippen LogP) is 5.22. The van der Waals surface area contributed by atoms with Crippen molar-refractivity contribution in [3.05, 3.63) is 40.9 Å². The van der Waals surface area contributed by atoms with Crippen LogP contribution in [0.25, 0.3) is 0 Å². The van der Waals surface area contributed by atoms with Crippen LogP contribution in [-0.2, 0) is 0 Å². The molecule has 0 N–H and O–H groups in total. The molecule has 0 atom stereocenters. The van der Waals surface area contributed by atoms with Crippen molar-refractivity contribution in [2.45, 2.75) is 40.5 Å². The highest BCUT2D eigenvalue weighted by molar-refractivity contribution is 6.25. The highest BCUT2D eigenvalue weighted by Crippen LogP contribution is 2.22. The van der Waals surface area contributed by atoms with Crippen molar-refractivity contribution in [2.24, 2.45) is 5.41 Å². The largest absolute Gasteiger partial charge is 0.489 e. The molecule has 1 aromatic rings. The summed E-state index contributed by atoms with van der Waals surface area (Å²) < 4.78 is 5.62. The number of ether oxygens (including phenoxy) is 1. The van der Waals surface area contributed by atoms with Gasteiger partial charge >= 0.3 is 0 Å². The summed E-state index contributed by atoms with van der Waals surface area (Å²) in [6.45, 7) is 8.70. The first-order chi connectivity index (χ1) is 9.35. The summed E-state index contributed by atoms with van der Waals surface area (Å²) in [6, 6.07) is 7.30. The van der Waals surface area contributed by atoms with Gasteiger partial charge in [0, 0.05) is 17.5 Å². The molecule has 0 amide bonds. The molecule has 2 nitrogen and oxygen atoms in total. The molecule has 0 bridgehead atoms. The number of halogens is 1. The maximum absolute atomic E-state index is 12.1. The monoisotopic (exact) mass is 294 g/mol. The summed E-state index contributed by atoms with van der Waals surface area (Å²) in [7, 11) is 0. The molecule has 1 rings (SSSR count). The molecule has 0 saturated carbocycles. The molecule has 0 aromatic heterocycles. The predicted molar refractivity (Wildman–Crippen MR) is 84.6 cm³/mol. The van der Waals surface area contributed by atoms with Crippen molar-refractivity contribution in [3.8, 4) is 5.75 Å². The summed E-state index contributed by atoms with van der Waals surface area (Å²) in [5.74, 6) is 0.917. The SMILES string of the molecule is CC/C(=C\Cl)COc1ccc(C(=O)CC(C)(C)C)cc1. The topological polar surface area (TPSA) is 26.3 Å². The van der Waals surface area contributed by atoms with Crippen molar-refractivity contribution in [1.82, 2.24) is 0 Å². The van der Waals surface area contributed by atoms with Gasteiger partial charge in [-0.25, -0.2) is 0 Å². The molecule has 110 valence electrons. The molecule has 0 aliphatic heterocycles. The molecule has 0 heterocycles. The summed E-state index contributed by atoms with van der Waals surface area (Å²) in [4.78, 5) is 12.1. The second-order valence-electron chi connectivity index (χ2n) is 6.09. The van der Waals surface area contributed by atoms with E-state index in [2.05, 4.69) is 20.8 Å². The van der Waals surface area contributed by atoms with Gasteiger partial charge in [-0.3, -0.25) is 4.79 Å². The zero-order valence-corrected chi connectivity index (χ0v) is 13.5. The minimum Gasteiger partial charge on any atom is -0.489 e. The van der Waals surface area contributed by atoms with Gasteiger partial charge in [-0.2, -0.15) is 0 Å². The Kier molecular flexibility index (Phi) is 6.28. The average molecular weight is 295 g/mol. The van der Waals surface area contributed by atoms with Crippen molar-refractivity contribution in [3.63, 3.8) is 0 Å². The Morgan fingerprint density at radius 3 is 2.30 bits per heavy atom. The molecule has 0 spiro atoms. The van der Waals surface area contributed by atoms with Crippen molar-refractivity contribution < 1.29 is 9.53 Å². The fourth-order valence-electron chi connectivity index (χ4n) is 1.71. The molecule has 1 aromatic carbocycles. The summed E-state index contributed by atoms with van der Waals surface area (Å²) in [5.41, 5.74) is 3.34. The molecular formula is C17H23ClO2. The quantitative estimate of drug-likeness (QED) is 0.673.